The predicted molar refractivity (Wildman–Crippen MR) is 85.9 cm³/mol. The molecule has 0 radical (unpaired) electrons. The quantitative estimate of drug-likeness (QED) is 0.866. The zero-order valence-electron chi connectivity index (χ0n) is 12.2. The molecule has 116 valence electrons. The van der Waals surface area contributed by atoms with Gasteiger partial charge in [0.15, 0.2) is 0 Å². The van der Waals surface area contributed by atoms with Crippen LogP contribution in [0.15, 0.2) is 18.2 Å². The van der Waals surface area contributed by atoms with Crippen molar-refractivity contribution in [3.63, 3.8) is 0 Å². The molecule has 0 aliphatic carbocycles. The van der Waals surface area contributed by atoms with E-state index in [9.17, 15) is 9.90 Å². The van der Waals surface area contributed by atoms with Crippen molar-refractivity contribution in [2.75, 3.05) is 13.1 Å². The number of carboxylic acid groups (broad SMARTS) is 1. The first-order chi connectivity index (χ1) is 9.98. The number of rotatable bonds is 5. The summed E-state index contributed by atoms with van der Waals surface area (Å²) >= 11 is 12.4. The molecule has 1 fully saturated rings. The van der Waals surface area contributed by atoms with Crippen molar-refractivity contribution in [2.24, 2.45) is 5.41 Å². The van der Waals surface area contributed by atoms with Crippen LogP contribution >= 0.6 is 23.2 Å². The van der Waals surface area contributed by atoms with E-state index in [0.29, 0.717) is 29.4 Å². The fourth-order valence-corrected chi connectivity index (χ4v) is 3.61. The maximum Gasteiger partial charge on any atom is 0.309 e. The molecule has 0 atom stereocenters. The fourth-order valence-electron chi connectivity index (χ4n) is 3.10. The van der Waals surface area contributed by atoms with E-state index in [-0.39, 0.29) is 0 Å². The molecule has 0 spiro atoms. The molecule has 0 unspecified atom stereocenters. The number of aliphatic carboxylic acids is 1. The lowest BCUT2D eigenvalue weighted by molar-refractivity contribution is -0.152. The van der Waals surface area contributed by atoms with E-state index in [4.69, 9.17) is 23.2 Å². The van der Waals surface area contributed by atoms with Crippen molar-refractivity contribution in [2.45, 2.75) is 39.2 Å². The number of hydrogen-bond donors (Lipinski definition) is 1. The maximum atomic E-state index is 11.6. The molecule has 3 nitrogen and oxygen atoms in total. The average Bonchev–Trinajstić information content (AvgIpc) is 2.45. The Labute approximate surface area is 135 Å². The first-order valence-electron chi connectivity index (χ1n) is 7.37. The van der Waals surface area contributed by atoms with Gasteiger partial charge in [0, 0.05) is 22.2 Å². The Morgan fingerprint density at radius 3 is 2.33 bits per heavy atom. The highest BCUT2D eigenvalue weighted by Gasteiger charge is 2.40. The summed E-state index contributed by atoms with van der Waals surface area (Å²) in [6.45, 7) is 4.27. The zero-order chi connectivity index (χ0) is 15.5. The highest BCUT2D eigenvalue weighted by atomic mass is 35.5. The van der Waals surface area contributed by atoms with Gasteiger partial charge in [-0.1, -0.05) is 42.6 Å². The van der Waals surface area contributed by atoms with E-state index in [2.05, 4.69) is 4.90 Å². The maximum absolute atomic E-state index is 11.6. The number of carbonyl (C=O) groups is 1. The molecule has 1 saturated heterocycles. The molecule has 1 aromatic rings. The second-order valence-electron chi connectivity index (χ2n) is 5.81. The minimum Gasteiger partial charge on any atom is -0.481 e. The van der Waals surface area contributed by atoms with Gasteiger partial charge in [0.05, 0.1) is 5.41 Å². The molecule has 21 heavy (non-hydrogen) atoms. The van der Waals surface area contributed by atoms with Gasteiger partial charge in [0.2, 0.25) is 0 Å². The first-order valence-corrected chi connectivity index (χ1v) is 8.13. The van der Waals surface area contributed by atoms with Crippen molar-refractivity contribution in [1.82, 2.24) is 4.90 Å². The van der Waals surface area contributed by atoms with Gasteiger partial charge >= 0.3 is 5.97 Å². The van der Waals surface area contributed by atoms with Gasteiger partial charge in [-0.2, -0.15) is 0 Å². The number of benzene rings is 1. The summed E-state index contributed by atoms with van der Waals surface area (Å²) in [6.07, 6.45) is 3.04. The zero-order valence-corrected chi connectivity index (χ0v) is 13.8. The Hall–Kier alpha value is -0.770. The van der Waals surface area contributed by atoms with E-state index < -0.39 is 11.4 Å². The normalized spacial score (nSPS) is 18.6. The third kappa shape index (κ3) is 3.71. The van der Waals surface area contributed by atoms with Gasteiger partial charge in [-0.15, -0.1) is 0 Å². The Morgan fingerprint density at radius 1 is 1.29 bits per heavy atom. The molecule has 2 rings (SSSR count). The molecule has 0 bridgehead atoms. The predicted octanol–water partition coefficient (Wildman–Crippen LogP) is 4.46. The number of piperidine rings is 1. The molecule has 1 aromatic carbocycles. The molecule has 1 aliphatic rings. The van der Waals surface area contributed by atoms with E-state index in [1.807, 2.05) is 25.1 Å². The number of nitrogens with zero attached hydrogens (tertiary/aromatic N) is 1. The summed E-state index contributed by atoms with van der Waals surface area (Å²) in [5, 5.41) is 10.9. The van der Waals surface area contributed by atoms with Gasteiger partial charge in [-0.05, 0) is 44.5 Å². The lowest BCUT2D eigenvalue weighted by Gasteiger charge is -2.39. The third-order valence-corrected chi connectivity index (χ3v) is 5.15. The lowest BCUT2D eigenvalue weighted by Crippen LogP contribution is -2.44. The molecule has 0 aromatic heterocycles. The third-order valence-electron chi connectivity index (χ3n) is 4.44. The summed E-state index contributed by atoms with van der Waals surface area (Å²) in [4.78, 5) is 13.8. The van der Waals surface area contributed by atoms with E-state index in [0.717, 1.165) is 31.5 Å². The first kappa shape index (κ1) is 16.6. The average molecular weight is 330 g/mol. The molecule has 1 heterocycles. The summed E-state index contributed by atoms with van der Waals surface area (Å²) in [5.41, 5.74) is 0.384. The van der Waals surface area contributed by atoms with Crippen LogP contribution in [0.4, 0.5) is 0 Å². The summed E-state index contributed by atoms with van der Waals surface area (Å²) in [5.74, 6) is -0.653. The summed E-state index contributed by atoms with van der Waals surface area (Å²) in [7, 11) is 0. The topological polar surface area (TPSA) is 40.5 Å². The van der Waals surface area contributed by atoms with E-state index in [1.54, 1.807) is 0 Å². The highest BCUT2D eigenvalue weighted by Crippen LogP contribution is 2.37. The SMILES string of the molecule is CCCC1(C(=O)O)CCN(Cc2c(Cl)cccc2Cl)CC1. The van der Waals surface area contributed by atoms with Crippen LogP contribution in [0.1, 0.15) is 38.2 Å². The molecule has 1 N–H and O–H groups in total. The molecular weight excluding hydrogens is 309 g/mol. The van der Waals surface area contributed by atoms with Crippen molar-refractivity contribution in [3.05, 3.63) is 33.8 Å². The largest absolute Gasteiger partial charge is 0.481 e. The highest BCUT2D eigenvalue weighted by molar-refractivity contribution is 6.35. The van der Waals surface area contributed by atoms with E-state index >= 15 is 0 Å². The molecule has 1 aliphatic heterocycles. The Bertz CT molecular complexity index is 491. The van der Waals surface area contributed by atoms with Crippen LogP contribution in [0.5, 0.6) is 0 Å². The number of likely N-dealkylation sites (tertiary alicyclic amines) is 1. The fraction of sp³-hybridized carbons (Fsp3) is 0.562. The van der Waals surface area contributed by atoms with Crippen LogP contribution < -0.4 is 0 Å². The van der Waals surface area contributed by atoms with Gasteiger partial charge in [-0.3, -0.25) is 9.69 Å². The molecule has 5 heteroatoms. The van der Waals surface area contributed by atoms with Crippen LogP contribution in [0.3, 0.4) is 0 Å². The van der Waals surface area contributed by atoms with Gasteiger partial charge in [0.1, 0.15) is 0 Å². The van der Waals surface area contributed by atoms with Crippen LogP contribution in [0, 0.1) is 5.41 Å². The Morgan fingerprint density at radius 2 is 1.86 bits per heavy atom. The molecular formula is C16H21Cl2NO2. The summed E-state index contributed by atoms with van der Waals surface area (Å²) < 4.78 is 0. The lowest BCUT2D eigenvalue weighted by atomic mass is 9.75. The standard InChI is InChI=1S/C16H21Cl2NO2/c1-2-6-16(15(20)21)7-9-19(10-8-16)11-12-13(17)4-3-5-14(12)18/h3-5H,2,6-11H2,1H3,(H,20,21). The Balaban J connectivity index is 2.03. The van der Waals surface area contributed by atoms with E-state index in [1.165, 1.54) is 0 Å². The number of carboxylic acids is 1. The van der Waals surface area contributed by atoms with Crippen molar-refractivity contribution >= 4 is 29.2 Å². The monoisotopic (exact) mass is 329 g/mol. The van der Waals surface area contributed by atoms with Crippen LogP contribution in [0.2, 0.25) is 10.0 Å². The second kappa shape index (κ2) is 6.99. The number of halogens is 2. The van der Waals surface area contributed by atoms with Crippen molar-refractivity contribution < 1.29 is 9.90 Å². The van der Waals surface area contributed by atoms with Crippen LogP contribution in [-0.4, -0.2) is 29.1 Å². The number of hydrogen-bond acceptors (Lipinski definition) is 2. The minimum absolute atomic E-state index is 0.546. The van der Waals surface area contributed by atoms with Gasteiger partial charge in [-0.25, -0.2) is 0 Å². The van der Waals surface area contributed by atoms with Crippen LogP contribution in [-0.2, 0) is 11.3 Å². The van der Waals surface area contributed by atoms with Gasteiger partial charge < -0.3 is 5.11 Å². The molecule has 0 amide bonds. The second-order valence-corrected chi connectivity index (χ2v) is 6.63. The van der Waals surface area contributed by atoms with Crippen molar-refractivity contribution in [3.8, 4) is 0 Å². The molecule has 0 saturated carbocycles. The summed E-state index contributed by atoms with van der Waals surface area (Å²) in [6, 6.07) is 5.51. The van der Waals surface area contributed by atoms with Crippen LogP contribution in [0.25, 0.3) is 0 Å². The van der Waals surface area contributed by atoms with Crippen molar-refractivity contribution in [1.29, 1.82) is 0 Å². The minimum atomic E-state index is -0.653. The van der Waals surface area contributed by atoms with Gasteiger partial charge in [0.25, 0.3) is 0 Å². The smallest absolute Gasteiger partial charge is 0.309 e. The Kier molecular flexibility index (Phi) is 5.53.